The van der Waals surface area contributed by atoms with Crippen LogP contribution >= 0.6 is 22.7 Å². The number of sulfonamides is 1. The van der Waals surface area contributed by atoms with Gasteiger partial charge in [-0.1, -0.05) is 6.07 Å². The van der Waals surface area contributed by atoms with E-state index in [0.29, 0.717) is 6.54 Å². The van der Waals surface area contributed by atoms with Gasteiger partial charge < -0.3 is 0 Å². The second kappa shape index (κ2) is 5.43. The number of aromatic nitrogens is 1. The number of nitrogens with zero attached hydrogens (tertiary/aromatic N) is 2. The Kier molecular flexibility index (Phi) is 3.51. The third-order valence-corrected chi connectivity index (χ3v) is 6.66. The van der Waals surface area contributed by atoms with Crippen molar-refractivity contribution in [3.05, 3.63) is 46.0 Å². The van der Waals surface area contributed by atoms with E-state index in [1.807, 2.05) is 17.5 Å². The van der Waals surface area contributed by atoms with Crippen molar-refractivity contribution in [1.29, 1.82) is 0 Å². The number of anilines is 1. The van der Waals surface area contributed by atoms with Crippen LogP contribution in [0.1, 0.15) is 5.56 Å². The normalized spacial score (nSPS) is 14.2. The van der Waals surface area contributed by atoms with Gasteiger partial charge in [0.1, 0.15) is 5.01 Å². The van der Waals surface area contributed by atoms with Crippen LogP contribution in [0.3, 0.4) is 0 Å². The lowest BCUT2D eigenvalue weighted by Gasteiger charge is -2.16. The first-order valence-electron chi connectivity index (χ1n) is 7.11. The van der Waals surface area contributed by atoms with E-state index in [1.165, 1.54) is 10.6 Å². The highest BCUT2D eigenvalue weighted by Crippen LogP contribution is 2.35. The zero-order chi connectivity index (χ0) is 16.0. The van der Waals surface area contributed by atoms with E-state index >= 15 is 0 Å². The molecule has 2 aromatic heterocycles. The Morgan fingerprint density at radius 2 is 2.04 bits per heavy atom. The molecule has 7 heteroatoms. The van der Waals surface area contributed by atoms with E-state index in [4.69, 9.17) is 4.98 Å². The summed E-state index contributed by atoms with van der Waals surface area (Å²) in [7, 11) is -3.20. The lowest BCUT2D eigenvalue weighted by atomic mass is 10.1. The van der Waals surface area contributed by atoms with Crippen LogP contribution in [0.4, 0.5) is 5.69 Å². The van der Waals surface area contributed by atoms with Gasteiger partial charge in [0.05, 0.1) is 17.6 Å². The third-order valence-electron chi connectivity index (χ3n) is 3.90. The summed E-state index contributed by atoms with van der Waals surface area (Å²) in [5, 5.41) is 7.21. The highest BCUT2D eigenvalue weighted by molar-refractivity contribution is 7.92. The summed E-state index contributed by atoms with van der Waals surface area (Å²) < 4.78 is 25.1. The van der Waals surface area contributed by atoms with E-state index in [1.54, 1.807) is 22.7 Å². The van der Waals surface area contributed by atoms with Gasteiger partial charge in [0, 0.05) is 28.4 Å². The Bertz CT molecular complexity index is 959. The quantitative estimate of drug-likeness (QED) is 0.711. The van der Waals surface area contributed by atoms with Crippen LogP contribution in [0.15, 0.2) is 40.4 Å². The van der Waals surface area contributed by atoms with E-state index in [2.05, 4.69) is 22.9 Å². The van der Waals surface area contributed by atoms with Crippen molar-refractivity contribution in [1.82, 2.24) is 4.98 Å². The zero-order valence-electron chi connectivity index (χ0n) is 12.4. The van der Waals surface area contributed by atoms with Crippen molar-refractivity contribution < 1.29 is 8.42 Å². The predicted octanol–water partition coefficient (Wildman–Crippen LogP) is 3.86. The summed E-state index contributed by atoms with van der Waals surface area (Å²) >= 11 is 3.29. The summed E-state index contributed by atoms with van der Waals surface area (Å²) in [6.45, 7) is 0.523. The minimum atomic E-state index is -3.20. The average Bonchev–Trinajstić information content (AvgIpc) is 3.24. The van der Waals surface area contributed by atoms with Gasteiger partial charge in [0.25, 0.3) is 0 Å². The SMILES string of the molecule is CS(=O)(=O)N1CCc2cc(-c3csc(-c4ccsc4)n3)ccc21. The fourth-order valence-electron chi connectivity index (χ4n) is 2.80. The van der Waals surface area contributed by atoms with Crippen LogP contribution < -0.4 is 4.31 Å². The van der Waals surface area contributed by atoms with Crippen molar-refractivity contribution in [2.24, 2.45) is 0 Å². The lowest BCUT2D eigenvalue weighted by molar-refractivity contribution is 0.598. The zero-order valence-corrected chi connectivity index (χ0v) is 14.8. The molecule has 0 spiro atoms. The molecule has 0 atom stereocenters. The predicted molar refractivity (Wildman–Crippen MR) is 96.8 cm³/mol. The summed E-state index contributed by atoms with van der Waals surface area (Å²) in [5.74, 6) is 0. The number of thiazole rings is 1. The Balaban J connectivity index is 1.70. The maximum Gasteiger partial charge on any atom is 0.232 e. The molecule has 1 aromatic carbocycles. The Hall–Kier alpha value is -1.70. The Morgan fingerprint density at radius 3 is 2.78 bits per heavy atom. The van der Waals surface area contributed by atoms with Crippen LogP contribution in [-0.2, 0) is 16.4 Å². The van der Waals surface area contributed by atoms with Gasteiger partial charge in [-0.2, -0.15) is 11.3 Å². The number of fused-ring (bicyclic) bond motifs is 1. The van der Waals surface area contributed by atoms with E-state index in [0.717, 1.165) is 39.5 Å². The number of benzene rings is 1. The molecular weight excluding hydrogens is 348 g/mol. The van der Waals surface area contributed by atoms with Crippen molar-refractivity contribution in [2.45, 2.75) is 6.42 Å². The molecule has 0 N–H and O–H groups in total. The van der Waals surface area contributed by atoms with E-state index in [-0.39, 0.29) is 0 Å². The molecule has 4 rings (SSSR count). The highest BCUT2D eigenvalue weighted by Gasteiger charge is 2.26. The molecule has 0 bridgehead atoms. The van der Waals surface area contributed by atoms with E-state index < -0.39 is 10.0 Å². The van der Waals surface area contributed by atoms with Crippen LogP contribution in [0, 0.1) is 0 Å². The fourth-order valence-corrected chi connectivity index (χ4v) is 5.30. The molecule has 0 fully saturated rings. The lowest BCUT2D eigenvalue weighted by Crippen LogP contribution is -2.27. The molecule has 3 aromatic rings. The van der Waals surface area contributed by atoms with Gasteiger partial charge >= 0.3 is 0 Å². The molecule has 1 aliphatic heterocycles. The van der Waals surface area contributed by atoms with Crippen molar-refractivity contribution in [2.75, 3.05) is 17.1 Å². The molecule has 3 heterocycles. The van der Waals surface area contributed by atoms with Crippen LogP contribution in [0.2, 0.25) is 0 Å². The van der Waals surface area contributed by atoms with Gasteiger partial charge in [0.15, 0.2) is 0 Å². The van der Waals surface area contributed by atoms with Crippen molar-refractivity contribution in [3.8, 4) is 21.8 Å². The number of hydrogen-bond acceptors (Lipinski definition) is 5. The molecule has 23 heavy (non-hydrogen) atoms. The molecule has 0 unspecified atom stereocenters. The van der Waals surface area contributed by atoms with Gasteiger partial charge in [-0.25, -0.2) is 13.4 Å². The van der Waals surface area contributed by atoms with Crippen LogP contribution in [-0.4, -0.2) is 26.2 Å². The second-order valence-corrected chi connectivity index (χ2v) is 9.02. The summed E-state index contributed by atoms with van der Waals surface area (Å²) in [4.78, 5) is 4.71. The molecule has 1 aliphatic rings. The molecule has 118 valence electrons. The minimum absolute atomic E-state index is 0.523. The maximum absolute atomic E-state index is 11.8. The average molecular weight is 363 g/mol. The van der Waals surface area contributed by atoms with Crippen LogP contribution in [0.5, 0.6) is 0 Å². The van der Waals surface area contributed by atoms with Gasteiger partial charge in [0.2, 0.25) is 10.0 Å². The van der Waals surface area contributed by atoms with Crippen molar-refractivity contribution in [3.63, 3.8) is 0 Å². The summed E-state index contributed by atoms with van der Waals surface area (Å²) in [6, 6.07) is 7.98. The standard InChI is InChI=1S/C16H14N2O2S3/c1-23(19,20)18-6-4-12-8-11(2-3-15(12)18)14-10-22-16(17-14)13-5-7-21-9-13/h2-3,5,7-10H,4,6H2,1H3. The number of thiophene rings is 1. The van der Waals surface area contributed by atoms with Gasteiger partial charge in [-0.05, 0) is 35.6 Å². The fraction of sp³-hybridized carbons (Fsp3) is 0.188. The molecule has 0 radical (unpaired) electrons. The first-order valence-corrected chi connectivity index (χ1v) is 10.8. The summed E-state index contributed by atoms with van der Waals surface area (Å²) in [6.07, 6.45) is 2.00. The molecule has 4 nitrogen and oxygen atoms in total. The summed E-state index contributed by atoms with van der Waals surface area (Å²) in [5.41, 5.74) is 4.99. The van der Waals surface area contributed by atoms with Crippen LogP contribution in [0.25, 0.3) is 21.8 Å². The molecule has 0 amide bonds. The Labute approximate surface area is 143 Å². The first-order chi connectivity index (χ1) is 11.0. The molecule has 0 saturated carbocycles. The van der Waals surface area contributed by atoms with Crippen molar-refractivity contribution >= 4 is 38.4 Å². The van der Waals surface area contributed by atoms with E-state index in [9.17, 15) is 8.42 Å². The third kappa shape index (κ3) is 2.69. The molecule has 0 aliphatic carbocycles. The van der Waals surface area contributed by atoms with Gasteiger partial charge in [-0.3, -0.25) is 4.31 Å². The largest absolute Gasteiger partial charge is 0.270 e. The highest BCUT2D eigenvalue weighted by atomic mass is 32.2. The second-order valence-electron chi connectivity index (χ2n) is 5.48. The topological polar surface area (TPSA) is 50.3 Å². The smallest absolute Gasteiger partial charge is 0.232 e. The van der Waals surface area contributed by atoms with Gasteiger partial charge in [-0.15, -0.1) is 11.3 Å². The minimum Gasteiger partial charge on any atom is -0.270 e. The molecular formula is C16H14N2O2S3. The maximum atomic E-state index is 11.8. The monoisotopic (exact) mass is 362 g/mol. The number of hydrogen-bond donors (Lipinski definition) is 0. The number of rotatable bonds is 3. The molecule has 0 saturated heterocycles. The first kappa shape index (κ1) is 14.9. The Morgan fingerprint density at radius 1 is 1.17 bits per heavy atom.